The summed E-state index contributed by atoms with van der Waals surface area (Å²) in [6.45, 7) is 0. The van der Waals surface area contributed by atoms with E-state index in [1.165, 1.54) is 0 Å². The van der Waals surface area contributed by atoms with Gasteiger partial charge in [-0.1, -0.05) is 70.5 Å². The van der Waals surface area contributed by atoms with Gasteiger partial charge in [-0.2, -0.15) is 0 Å². The molecule has 3 heterocycles. The van der Waals surface area contributed by atoms with E-state index in [0.717, 1.165) is 38.0 Å². The number of H-pyrrole nitrogens is 1. The molecule has 1 atom stereocenters. The van der Waals surface area contributed by atoms with E-state index in [0.29, 0.717) is 17.3 Å². The number of halogens is 1. The van der Waals surface area contributed by atoms with Gasteiger partial charge in [0.05, 0.1) is 16.7 Å². The maximum Gasteiger partial charge on any atom is 0.320 e. The van der Waals surface area contributed by atoms with Gasteiger partial charge in [-0.25, -0.2) is 9.78 Å². The van der Waals surface area contributed by atoms with Crippen LogP contribution >= 0.6 is 15.9 Å². The quantitative estimate of drug-likeness (QED) is 0.257. The average Bonchev–Trinajstić information content (AvgIpc) is 3.52. The summed E-state index contributed by atoms with van der Waals surface area (Å²) in [5.74, 6) is 2.01. The minimum atomic E-state index is -0.534. The summed E-state index contributed by atoms with van der Waals surface area (Å²) in [5.41, 5.74) is 5.10. The number of aromatic nitrogens is 2. The van der Waals surface area contributed by atoms with E-state index in [-0.39, 0.29) is 6.03 Å². The minimum Gasteiger partial charge on any atom is -0.459 e. The Balaban J connectivity index is 1.52. The molecule has 2 aromatic heterocycles. The Morgan fingerprint density at radius 3 is 2.38 bits per heavy atom. The molecule has 0 saturated carbocycles. The van der Waals surface area contributed by atoms with Gasteiger partial charge in [0.1, 0.15) is 23.4 Å². The number of nitrogens with one attached hydrogen (secondary N) is 3. The second-order valence-corrected chi connectivity index (χ2v) is 8.91. The number of fused-ring (bicyclic) bond motifs is 1. The predicted molar refractivity (Wildman–Crippen MR) is 136 cm³/mol. The zero-order valence-electron chi connectivity index (χ0n) is 17.9. The van der Waals surface area contributed by atoms with E-state index in [2.05, 4.69) is 31.5 Å². The standard InChI is InChI=1S/C27H19BrN4O2/c28-18-12-10-16(11-13-18)21-14-15-22(34-21)25-23(26-29-19-8-4-5-9-20(19)30-26)24(31-27(33)32-25)17-6-2-1-3-7-17/h1-15,25H,(H,29,30)(H2,31,32,33)/t25-/m0/s1. The molecular formula is C27H19BrN4O2. The molecule has 0 fully saturated rings. The first-order valence-corrected chi connectivity index (χ1v) is 11.6. The molecule has 6 rings (SSSR count). The van der Waals surface area contributed by atoms with Crippen LogP contribution in [0.4, 0.5) is 4.79 Å². The number of furan rings is 1. The fourth-order valence-corrected chi connectivity index (χ4v) is 4.49. The number of amides is 2. The van der Waals surface area contributed by atoms with Crippen LogP contribution in [0.15, 0.2) is 99.9 Å². The van der Waals surface area contributed by atoms with E-state index in [9.17, 15) is 4.79 Å². The van der Waals surface area contributed by atoms with Crippen molar-refractivity contribution in [2.24, 2.45) is 0 Å². The average molecular weight is 511 g/mol. The number of carbonyl (C=O) groups is 1. The van der Waals surface area contributed by atoms with Gasteiger partial charge in [0.25, 0.3) is 0 Å². The first-order valence-electron chi connectivity index (χ1n) is 10.8. The van der Waals surface area contributed by atoms with Crippen LogP contribution in [-0.4, -0.2) is 16.0 Å². The summed E-state index contributed by atoms with van der Waals surface area (Å²) in [6, 6.07) is 28.5. The summed E-state index contributed by atoms with van der Waals surface area (Å²) < 4.78 is 7.27. The van der Waals surface area contributed by atoms with Crippen LogP contribution in [0.2, 0.25) is 0 Å². The van der Waals surface area contributed by atoms with Gasteiger partial charge < -0.3 is 20.0 Å². The Hall–Kier alpha value is -4.10. The van der Waals surface area contributed by atoms with Gasteiger partial charge in [0.2, 0.25) is 0 Å². The third-order valence-corrected chi connectivity index (χ3v) is 6.35. The first-order chi connectivity index (χ1) is 16.7. The molecule has 0 unspecified atom stereocenters. The molecule has 166 valence electrons. The topological polar surface area (TPSA) is 83.0 Å². The van der Waals surface area contributed by atoms with Crippen molar-refractivity contribution in [2.75, 3.05) is 0 Å². The molecular weight excluding hydrogens is 492 g/mol. The van der Waals surface area contributed by atoms with Crippen molar-refractivity contribution in [3.8, 4) is 11.3 Å². The van der Waals surface area contributed by atoms with Crippen molar-refractivity contribution in [1.29, 1.82) is 0 Å². The molecule has 7 heteroatoms. The first kappa shape index (κ1) is 20.5. The lowest BCUT2D eigenvalue weighted by Crippen LogP contribution is -2.43. The Morgan fingerprint density at radius 2 is 1.59 bits per heavy atom. The van der Waals surface area contributed by atoms with Crippen molar-refractivity contribution in [3.05, 3.63) is 113 Å². The van der Waals surface area contributed by atoms with E-state index >= 15 is 0 Å². The molecule has 0 bridgehead atoms. The second-order valence-electron chi connectivity index (χ2n) is 8.00. The van der Waals surface area contributed by atoms with Gasteiger partial charge in [-0.3, -0.25) is 0 Å². The summed E-state index contributed by atoms with van der Waals surface area (Å²) in [6.07, 6.45) is 0. The maximum absolute atomic E-state index is 12.8. The highest BCUT2D eigenvalue weighted by molar-refractivity contribution is 9.10. The number of carbonyl (C=O) groups excluding carboxylic acids is 1. The van der Waals surface area contributed by atoms with Gasteiger partial charge in [-0.05, 0) is 42.0 Å². The number of urea groups is 1. The maximum atomic E-state index is 12.8. The highest BCUT2D eigenvalue weighted by atomic mass is 79.9. The van der Waals surface area contributed by atoms with Gasteiger partial charge in [0, 0.05) is 15.6 Å². The molecule has 1 aliphatic heterocycles. The van der Waals surface area contributed by atoms with Crippen LogP contribution in [0.25, 0.3) is 33.6 Å². The lowest BCUT2D eigenvalue weighted by molar-refractivity contribution is 0.240. The zero-order chi connectivity index (χ0) is 23.1. The lowest BCUT2D eigenvalue weighted by atomic mass is 9.96. The molecule has 3 N–H and O–H groups in total. The highest BCUT2D eigenvalue weighted by Gasteiger charge is 2.34. The van der Waals surface area contributed by atoms with E-state index in [4.69, 9.17) is 9.40 Å². The molecule has 0 saturated heterocycles. The third kappa shape index (κ3) is 3.70. The van der Waals surface area contributed by atoms with Crippen LogP contribution in [0, 0.1) is 0 Å². The minimum absolute atomic E-state index is 0.301. The highest BCUT2D eigenvalue weighted by Crippen LogP contribution is 2.39. The number of para-hydroxylation sites is 2. The Bertz CT molecular complexity index is 1500. The summed E-state index contributed by atoms with van der Waals surface area (Å²) in [7, 11) is 0. The molecule has 0 radical (unpaired) electrons. The van der Waals surface area contributed by atoms with Crippen LogP contribution in [0.5, 0.6) is 0 Å². The van der Waals surface area contributed by atoms with Crippen LogP contribution in [0.1, 0.15) is 23.2 Å². The van der Waals surface area contributed by atoms with Gasteiger partial charge in [0.15, 0.2) is 0 Å². The zero-order valence-corrected chi connectivity index (χ0v) is 19.5. The fraction of sp³-hybridized carbons (Fsp3) is 0.0370. The number of hydrogen-bond donors (Lipinski definition) is 3. The largest absolute Gasteiger partial charge is 0.459 e. The van der Waals surface area contributed by atoms with E-state index in [1.54, 1.807) is 0 Å². The fourth-order valence-electron chi connectivity index (χ4n) is 4.22. The second kappa shape index (κ2) is 8.35. The number of rotatable bonds is 4. The van der Waals surface area contributed by atoms with Crippen molar-refractivity contribution >= 4 is 44.3 Å². The SMILES string of the molecule is O=C1NC(c2ccccc2)=C(c2nc3ccccc3[nH]2)[C@H](c2ccc(-c3ccc(Br)cc3)o2)N1. The molecule has 3 aromatic carbocycles. The van der Waals surface area contributed by atoms with E-state index < -0.39 is 6.04 Å². The summed E-state index contributed by atoms with van der Waals surface area (Å²) in [4.78, 5) is 21.0. The summed E-state index contributed by atoms with van der Waals surface area (Å²) >= 11 is 3.47. The van der Waals surface area contributed by atoms with Gasteiger partial charge in [-0.15, -0.1) is 0 Å². The Morgan fingerprint density at radius 1 is 0.824 bits per heavy atom. The summed E-state index contributed by atoms with van der Waals surface area (Å²) in [5, 5.41) is 6.02. The molecule has 2 amide bonds. The number of benzene rings is 3. The van der Waals surface area contributed by atoms with Gasteiger partial charge >= 0.3 is 6.03 Å². The molecule has 5 aromatic rings. The van der Waals surface area contributed by atoms with Crippen LogP contribution < -0.4 is 10.6 Å². The number of hydrogen-bond acceptors (Lipinski definition) is 3. The van der Waals surface area contributed by atoms with Crippen molar-refractivity contribution in [3.63, 3.8) is 0 Å². The van der Waals surface area contributed by atoms with Crippen molar-refractivity contribution in [2.45, 2.75) is 6.04 Å². The van der Waals surface area contributed by atoms with Crippen LogP contribution in [-0.2, 0) is 0 Å². The molecule has 34 heavy (non-hydrogen) atoms. The number of imidazole rings is 1. The smallest absolute Gasteiger partial charge is 0.320 e. The molecule has 0 aliphatic carbocycles. The van der Waals surface area contributed by atoms with Crippen molar-refractivity contribution < 1.29 is 9.21 Å². The van der Waals surface area contributed by atoms with Crippen molar-refractivity contribution in [1.82, 2.24) is 20.6 Å². The predicted octanol–water partition coefficient (Wildman–Crippen LogP) is 6.51. The third-order valence-electron chi connectivity index (χ3n) is 5.82. The number of aromatic amines is 1. The van der Waals surface area contributed by atoms with E-state index in [1.807, 2.05) is 91.0 Å². The van der Waals surface area contributed by atoms with Crippen LogP contribution in [0.3, 0.4) is 0 Å². The number of nitrogens with zero attached hydrogens (tertiary/aromatic N) is 1. The Kier molecular flexibility index (Phi) is 5.04. The Labute approximate surface area is 203 Å². The normalized spacial score (nSPS) is 15.9. The molecule has 0 spiro atoms. The molecule has 1 aliphatic rings. The monoisotopic (exact) mass is 510 g/mol. The lowest BCUT2D eigenvalue weighted by Gasteiger charge is -2.28. The molecule has 6 nitrogen and oxygen atoms in total.